The molecule has 1 unspecified atom stereocenters. The largest absolute Gasteiger partial charge is 0.481 e. The monoisotopic (exact) mass is 230 g/mol. The van der Waals surface area contributed by atoms with Gasteiger partial charge in [0.05, 0.1) is 23.5 Å². The molecule has 0 aliphatic rings. The normalized spacial score (nSPS) is 11.5. The molecule has 0 aromatic rings. The van der Waals surface area contributed by atoms with Gasteiger partial charge < -0.3 is 10.0 Å². The van der Waals surface area contributed by atoms with Gasteiger partial charge in [0.2, 0.25) is 5.91 Å². The van der Waals surface area contributed by atoms with E-state index < -0.39 is 11.9 Å². The van der Waals surface area contributed by atoms with Gasteiger partial charge >= 0.3 is 5.97 Å². The highest BCUT2D eigenvalue weighted by atomic mass is 32.2. The Bertz CT molecular complexity index is 275. The molecule has 1 amide bonds. The van der Waals surface area contributed by atoms with Crippen LogP contribution < -0.4 is 0 Å². The molecule has 0 radical (unpaired) electrons. The Kier molecular flexibility index (Phi) is 6.54. The van der Waals surface area contributed by atoms with Crippen molar-refractivity contribution in [3.8, 4) is 6.07 Å². The summed E-state index contributed by atoms with van der Waals surface area (Å²) in [6.07, 6.45) is 0. The summed E-state index contributed by atoms with van der Waals surface area (Å²) < 4.78 is 0. The minimum absolute atomic E-state index is 0.150. The van der Waals surface area contributed by atoms with Crippen LogP contribution >= 0.6 is 11.8 Å². The third kappa shape index (κ3) is 5.96. The maximum Gasteiger partial charge on any atom is 0.308 e. The molecule has 1 atom stereocenters. The van der Waals surface area contributed by atoms with Gasteiger partial charge in [-0.15, -0.1) is 11.8 Å². The topological polar surface area (TPSA) is 81.4 Å². The number of hydrogen-bond donors (Lipinski definition) is 1. The lowest BCUT2D eigenvalue weighted by Crippen LogP contribution is -2.34. The number of amides is 1. The third-order valence-corrected chi connectivity index (χ3v) is 2.57. The molecule has 0 aromatic carbocycles. The Hall–Kier alpha value is -1.22. The molecule has 0 aliphatic carbocycles. The molecule has 0 bridgehead atoms. The molecule has 6 heteroatoms. The Labute approximate surface area is 93.1 Å². The van der Waals surface area contributed by atoms with Crippen molar-refractivity contribution in [3.63, 3.8) is 0 Å². The number of aliphatic carboxylic acids is 1. The third-order valence-electron chi connectivity index (χ3n) is 1.79. The Balaban J connectivity index is 3.89. The van der Waals surface area contributed by atoms with Crippen molar-refractivity contribution in [3.05, 3.63) is 0 Å². The predicted molar refractivity (Wildman–Crippen MR) is 57.4 cm³/mol. The van der Waals surface area contributed by atoms with Crippen molar-refractivity contribution in [2.75, 3.05) is 25.1 Å². The lowest BCUT2D eigenvalue weighted by molar-refractivity contribution is -0.142. The molecule has 0 fully saturated rings. The summed E-state index contributed by atoms with van der Waals surface area (Å²) >= 11 is 1.23. The van der Waals surface area contributed by atoms with Crippen LogP contribution in [0.3, 0.4) is 0 Å². The first-order valence-electron chi connectivity index (χ1n) is 4.40. The van der Waals surface area contributed by atoms with Crippen LogP contribution in [0.2, 0.25) is 0 Å². The van der Waals surface area contributed by atoms with Gasteiger partial charge in [-0.2, -0.15) is 5.26 Å². The molecular weight excluding hydrogens is 216 g/mol. The molecule has 0 saturated heterocycles. The Morgan fingerprint density at radius 3 is 2.67 bits per heavy atom. The van der Waals surface area contributed by atoms with Crippen molar-refractivity contribution >= 4 is 23.6 Å². The molecule has 0 saturated carbocycles. The van der Waals surface area contributed by atoms with Crippen molar-refractivity contribution in [1.29, 1.82) is 5.26 Å². The van der Waals surface area contributed by atoms with E-state index in [9.17, 15) is 9.59 Å². The van der Waals surface area contributed by atoms with E-state index in [1.165, 1.54) is 16.7 Å². The number of carboxylic acids is 1. The zero-order valence-corrected chi connectivity index (χ0v) is 9.58. The van der Waals surface area contributed by atoms with Gasteiger partial charge in [0.15, 0.2) is 0 Å². The van der Waals surface area contributed by atoms with Crippen LogP contribution in [-0.2, 0) is 9.59 Å². The van der Waals surface area contributed by atoms with Crippen LogP contribution in [0.15, 0.2) is 0 Å². The zero-order valence-electron chi connectivity index (χ0n) is 8.77. The number of carbonyl (C=O) groups is 2. The van der Waals surface area contributed by atoms with Gasteiger partial charge in [-0.25, -0.2) is 0 Å². The second-order valence-corrected chi connectivity index (χ2v) is 4.15. The fraction of sp³-hybridized carbons (Fsp3) is 0.667. The van der Waals surface area contributed by atoms with Crippen LogP contribution in [0.1, 0.15) is 6.92 Å². The highest BCUT2D eigenvalue weighted by Crippen LogP contribution is 2.03. The summed E-state index contributed by atoms with van der Waals surface area (Å²) in [5, 5.41) is 16.9. The summed E-state index contributed by atoms with van der Waals surface area (Å²) in [5.41, 5.74) is 0. The number of carbonyl (C=O) groups excluding carboxylic acids is 1. The molecule has 15 heavy (non-hydrogen) atoms. The standard InChI is InChI=1S/C9H14N2O3S/c1-7(9(13)14)5-11(2)8(12)6-15-4-3-10/h7H,4-6H2,1-2H3,(H,13,14). The molecule has 0 aliphatic heterocycles. The highest BCUT2D eigenvalue weighted by Gasteiger charge is 2.16. The van der Waals surface area contributed by atoms with Crippen LogP contribution in [0.25, 0.3) is 0 Å². The molecule has 84 valence electrons. The van der Waals surface area contributed by atoms with E-state index in [4.69, 9.17) is 10.4 Å². The predicted octanol–water partition coefficient (Wildman–Crippen LogP) is 0.422. The lowest BCUT2D eigenvalue weighted by Gasteiger charge is -2.18. The van der Waals surface area contributed by atoms with Gasteiger partial charge in [0.1, 0.15) is 0 Å². The summed E-state index contributed by atoms with van der Waals surface area (Å²) in [6, 6.07) is 1.92. The molecule has 1 N–H and O–H groups in total. The van der Waals surface area contributed by atoms with Crippen LogP contribution in [-0.4, -0.2) is 47.0 Å². The molecule has 0 spiro atoms. The van der Waals surface area contributed by atoms with Crippen LogP contribution in [0.4, 0.5) is 0 Å². The van der Waals surface area contributed by atoms with E-state index >= 15 is 0 Å². The summed E-state index contributed by atoms with van der Waals surface area (Å²) in [7, 11) is 1.56. The van der Waals surface area contributed by atoms with E-state index in [1.807, 2.05) is 6.07 Å². The van der Waals surface area contributed by atoms with E-state index in [2.05, 4.69) is 0 Å². The van der Waals surface area contributed by atoms with E-state index in [1.54, 1.807) is 14.0 Å². The SMILES string of the molecule is CC(CN(C)C(=O)CSCC#N)C(=O)O. The number of nitriles is 1. The molecule has 0 rings (SSSR count). The highest BCUT2D eigenvalue weighted by molar-refractivity contribution is 8.00. The first-order valence-corrected chi connectivity index (χ1v) is 5.56. The number of hydrogen-bond acceptors (Lipinski definition) is 4. The molecule has 0 heterocycles. The van der Waals surface area contributed by atoms with Gasteiger partial charge in [0.25, 0.3) is 0 Å². The Morgan fingerprint density at radius 1 is 1.60 bits per heavy atom. The van der Waals surface area contributed by atoms with Crippen molar-refractivity contribution in [2.45, 2.75) is 6.92 Å². The second kappa shape index (κ2) is 7.12. The first kappa shape index (κ1) is 13.8. The average Bonchev–Trinajstić information content (AvgIpc) is 2.17. The van der Waals surface area contributed by atoms with E-state index in [-0.39, 0.29) is 24.0 Å². The Morgan fingerprint density at radius 2 is 2.20 bits per heavy atom. The maximum atomic E-state index is 11.4. The average molecular weight is 230 g/mol. The minimum Gasteiger partial charge on any atom is -0.481 e. The molecule has 5 nitrogen and oxygen atoms in total. The lowest BCUT2D eigenvalue weighted by atomic mass is 10.2. The van der Waals surface area contributed by atoms with Crippen LogP contribution in [0, 0.1) is 17.2 Å². The smallest absolute Gasteiger partial charge is 0.308 e. The van der Waals surface area contributed by atoms with E-state index in [0.717, 1.165) is 0 Å². The molecular formula is C9H14N2O3S. The number of thioether (sulfide) groups is 1. The van der Waals surface area contributed by atoms with Gasteiger partial charge in [-0.3, -0.25) is 9.59 Å². The number of rotatable bonds is 6. The summed E-state index contributed by atoms with van der Waals surface area (Å²) in [4.78, 5) is 23.3. The first-order chi connectivity index (χ1) is 6.99. The van der Waals surface area contributed by atoms with Gasteiger partial charge in [-0.05, 0) is 0 Å². The van der Waals surface area contributed by atoms with Crippen molar-refractivity contribution < 1.29 is 14.7 Å². The van der Waals surface area contributed by atoms with E-state index in [0.29, 0.717) is 0 Å². The fourth-order valence-corrected chi connectivity index (χ4v) is 1.47. The van der Waals surface area contributed by atoms with Gasteiger partial charge in [0, 0.05) is 13.6 Å². The zero-order chi connectivity index (χ0) is 11.8. The van der Waals surface area contributed by atoms with Crippen molar-refractivity contribution in [1.82, 2.24) is 4.90 Å². The summed E-state index contributed by atoms with van der Waals surface area (Å²) in [6.45, 7) is 1.75. The second-order valence-electron chi connectivity index (χ2n) is 3.16. The molecule has 0 aromatic heterocycles. The van der Waals surface area contributed by atoms with Crippen molar-refractivity contribution in [2.24, 2.45) is 5.92 Å². The number of carboxylic acid groups (broad SMARTS) is 1. The minimum atomic E-state index is -0.917. The number of nitrogens with zero attached hydrogens (tertiary/aromatic N) is 2. The van der Waals surface area contributed by atoms with Crippen LogP contribution in [0.5, 0.6) is 0 Å². The quantitative estimate of drug-likeness (QED) is 0.669. The summed E-state index contributed by atoms with van der Waals surface area (Å²) in [5.74, 6) is -1.15. The fourth-order valence-electron chi connectivity index (χ4n) is 0.885. The maximum absolute atomic E-state index is 11.4. The van der Waals surface area contributed by atoms with Gasteiger partial charge in [-0.1, -0.05) is 6.92 Å².